The lowest BCUT2D eigenvalue weighted by atomic mass is 9.77. The Morgan fingerprint density at radius 1 is 0.953 bits per heavy atom. The molecule has 6 nitrogen and oxygen atoms in total. The highest BCUT2D eigenvalue weighted by Gasteiger charge is 2.37. The fourth-order valence-corrected chi connectivity index (χ4v) is 6.69. The van der Waals surface area contributed by atoms with Crippen LogP contribution in [-0.4, -0.2) is 36.5 Å². The van der Waals surface area contributed by atoms with Crippen molar-refractivity contribution >= 4 is 11.8 Å². The Bertz CT molecular complexity index is 1380. The first-order valence-corrected chi connectivity index (χ1v) is 16.0. The summed E-state index contributed by atoms with van der Waals surface area (Å²) in [5.41, 5.74) is 6.44. The average molecular weight is 585 g/mol. The van der Waals surface area contributed by atoms with Crippen molar-refractivity contribution in [3.05, 3.63) is 83.4 Å². The van der Waals surface area contributed by atoms with E-state index < -0.39 is 17.7 Å². The first-order chi connectivity index (χ1) is 20.7. The molecule has 1 atom stereocenters. The molecule has 2 aliphatic rings. The molecule has 0 bridgehead atoms. The zero-order valence-electron chi connectivity index (χ0n) is 26.3. The maximum atomic E-state index is 12.5. The van der Waals surface area contributed by atoms with Gasteiger partial charge in [0.25, 0.3) is 0 Å². The minimum Gasteiger partial charge on any atom is -0.489 e. The number of alkyl carbamates (subject to hydrolysis) is 1. The molecule has 1 heterocycles. The molecule has 1 aliphatic heterocycles. The molecule has 1 saturated heterocycles. The summed E-state index contributed by atoms with van der Waals surface area (Å²) in [7, 11) is 0. The van der Waals surface area contributed by atoms with Gasteiger partial charge in [-0.2, -0.15) is 0 Å². The summed E-state index contributed by atoms with van der Waals surface area (Å²) in [5.74, 6) is 0.930. The number of para-hydroxylation sites is 1. The Kier molecular flexibility index (Phi) is 9.65. The molecule has 0 aromatic heterocycles. The van der Waals surface area contributed by atoms with Crippen LogP contribution in [0.5, 0.6) is 5.75 Å². The van der Waals surface area contributed by atoms with E-state index in [1.165, 1.54) is 49.8 Å². The molecule has 2 fully saturated rings. The topological polar surface area (TPSA) is 71.0 Å². The van der Waals surface area contributed by atoms with Crippen molar-refractivity contribution in [3.63, 3.8) is 0 Å². The van der Waals surface area contributed by atoms with E-state index in [1.54, 1.807) is 0 Å². The molecule has 3 aromatic carbocycles. The van der Waals surface area contributed by atoms with Crippen molar-refractivity contribution in [1.82, 2.24) is 5.32 Å². The van der Waals surface area contributed by atoms with Crippen LogP contribution < -0.4 is 15.0 Å². The minimum atomic E-state index is -0.617. The van der Waals surface area contributed by atoms with E-state index in [4.69, 9.17) is 9.47 Å². The van der Waals surface area contributed by atoms with Gasteiger partial charge in [-0.3, -0.25) is 0 Å². The molecule has 0 radical (unpaired) electrons. The SMILES string of the molecule is CCc1ccccc1OCc1cc(-c2cccc([C@@H](CO)NC(=O)OC(C)(C)C)c2)cc(N2CCC3(CCCC3)CC2)c1. The quantitative estimate of drug-likeness (QED) is 0.265. The van der Waals surface area contributed by atoms with Crippen molar-refractivity contribution in [2.45, 2.75) is 90.9 Å². The van der Waals surface area contributed by atoms with E-state index in [1.807, 2.05) is 45.0 Å². The van der Waals surface area contributed by atoms with Crippen LogP contribution in [0.15, 0.2) is 66.7 Å². The monoisotopic (exact) mass is 584 g/mol. The van der Waals surface area contributed by atoms with E-state index >= 15 is 0 Å². The second-order valence-corrected chi connectivity index (χ2v) is 13.3. The number of nitrogens with zero attached hydrogens (tertiary/aromatic N) is 1. The highest BCUT2D eigenvalue weighted by Crippen LogP contribution is 2.47. The van der Waals surface area contributed by atoms with Crippen LogP contribution in [0.3, 0.4) is 0 Å². The number of anilines is 1. The Balaban J connectivity index is 1.42. The number of amides is 1. The average Bonchev–Trinajstić information content (AvgIpc) is 3.46. The Morgan fingerprint density at radius 2 is 1.70 bits per heavy atom. The number of ether oxygens (including phenoxy) is 2. The van der Waals surface area contributed by atoms with Crippen molar-refractivity contribution in [2.24, 2.45) is 5.41 Å². The number of hydrogen-bond acceptors (Lipinski definition) is 5. The summed E-state index contributed by atoms with van der Waals surface area (Å²) < 4.78 is 11.8. The van der Waals surface area contributed by atoms with Gasteiger partial charge in [0.05, 0.1) is 12.6 Å². The highest BCUT2D eigenvalue weighted by atomic mass is 16.6. The van der Waals surface area contributed by atoms with Crippen LogP contribution in [-0.2, 0) is 17.8 Å². The number of piperidine rings is 1. The molecule has 2 N–H and O–H groups in total. The van der Waals surface area contributed by atoms with Crippen molar-refractivity contribution in [2.75, 3.05) is 24.6 Å². The molecular weight excluding hydrogens is 536 g/mol. The van der Waals surface area contributed by atoms with E-state index in [2.05, 4.69) is 59.6 Å². The van der Waals surface area contributed by atoms with Gasteiger partial charge in [-0.1, -0.05) is 56.2 Å². The summed E-state index contributed by atoms with van der Waals surface area (Å²) in [4.78, 5) is 15.0. The first-order valence-electron chi connectivity index (χ1n) is 16.0. The highest BCUT2D eigenvalue weighted by molar-refractivity contribution is 5.72. The number of rotatable bonds is 9. The predicted octanol–water partition coefficient (Wildman–Crippen LogP) is 8.21. The maximum Gasteiger partial charge on any atom is 0.408 e. The first kappa shape index (κ1) is 30.9. The predicted molar refractivity (Wildman–Crippen MR) is 174 cm³/mol. The van der Waals surface area contributed by atoms with Gasteiger partial charge in [0, 0.05) is 18.8 Å². The van der Waals surface area contributed by atoms with E-state index in [-0.39, 0.29) is 6.61 Å². The van der Waals surface area contributed by atoms with Gasteiger partial charge in [0.2, 0.25) is 0 Å². The third kappa shape index (κ3) is 7.91. The summed E-state index contributed by atoms with van der Waals surface area (Å²) >= 11 is 0. The summed E-state index contributed by atoms with van der Waals surface area (Å²) in [6.45, 7) is 10.0. The molecule has 1 aliphatic carbocycles. The molecule has 43 heavy (non-hydrogen) atoms. The summed E-state index contributed by atoms with van der Waals surface area (Å²) in [5, 5.41) is 13.0. The Morgan fingerprint density at radius 3 is 2.40 bits per heavy atom. The van der Waals surface area contributed by atoms with Crippen LogP contribution in [0.25, 0.3) is 11.1 Å². The number of hydrogen-bond donors (Lipinski definition) is 2. The van der Waals surface area contributed by atoms with Crippen LogP contribution in [0.2, 0.25) is 0 Å². The van der Waals surface area contributed by atoms with Crippen LogP contribution in [0.4, 0.5) is 10.5 Å². The van der Waals surface area contributed by atoms with Gasteiger partial charge in [-0.15, -0.1) is 0 Å². The van der Waals surface area contributed by atoms with Crippen molar-refractivity contribution in [3.8, 4) is 16.9 Å². The number of benzene rings is 3. The van der Waals surface area contributed by atoms with Crippen LogP contribution >= 0.6 is 0 Å². The largest absolute Gasteiger partial charge is 0.489 e. The minimum absolute atomic E-state index is 0.228. The van der Waals surface area contributed by atoms with Crippen LogP contribution in [0, 0.1) is 5.41 Å². The molecule has 230 valence electrons. The molecule has 3 aromatic rings. The second-order valence-electron chi connectivity index (χ2n) is 13.3. The number of nitrogens with one attached hydrogen (secondary N) is 1. The number of carbonyl (C=O) groups is 1. The fourth-order valence-electron chi connectivity index (χ4n) is 6.69. The lowest BCUT2D eigenvalue weighted by Gasteiger charge is -2.40. The van der Waals surface area contributed by atoms with Gasteiger partial charge in [-0.25, -0.2) is 4.79 Å². The zero-order valence-corrected chi connectivity index (χ0v) is 26.3. The molecular formula is C37H48N2O4. The Hall–Kier alpha value is -3.51. The number of carbonyl (C=O) groups excluding carboxylic acids is 1. The normalized spacial score (nSPS) is 17.1. The molecule has 1 amide bonds. The maximum absolute atomic E-state index is 12.5. The van der Waals surface area contributed by atoms with Crippen molar-refractivity contribution < 1.29 is 19.4 Å². The standard InChI is InChI=1S/C37H48N2O4/c1-5-28-11-6-7-14-34(28)42-26-27-21-31(24-32(22-27)39-19-17-37(18-20-39)15-8-9-16-37)29-12-10-13-30(23-29)33(25-40)38-35(41)43-36(2,3)4/h6-7,10-14,21-24,33,40H,5,8-9,15-20,25-26H2,1-4H3,(H,38,41)/t33-/m1/s1. The van der Waals surface area contributed by atoms with Crippen molar-refractivity contribution in [1.29, 1.82) is 0 Å². The molecule has 6 heteroatoms. The third-order valence-electron chi connectivity index (χ3n) is 9.07. The number of aliphatic hydroxyl groups is 1. The summed E-state index contributed by atoms with van der Waals surface area (Å²) in [6, 6.07) is 22.5. The van der Waals surface area contributed by atoms with Gasteiger partial charge >= 0.3 is 6.09 Å². The second kappa shape index (κ2) is 13.4. The Labute approximate surface area is 257 Å². The van der Waals surface area contributed by atoms with E-state index in [0.717, 1.165) is 47.5 Å². The smallest absolute Gasteiger partial charge is 0.408 e. The van der Waals surface area contributed by atoms with Gasteiger partial charge in [0.15, 0.2) is 0 Å². The zero-order chi connectivity index (χ0) is 30.5. The molecule has 5 rings (SSSR count). The van der Waals surface area contributed by atoms with E-state index in [0.29, 0.717) is 12.0 Å². The van der Waals surface area contributed by atoms with Gasteiger partial charge in [-0.05, 0) is 116 Å². The lowest BCUT2D eigenvalue weighted by Crippen LogP contribution is -2.38. The van der Waals surface area contributed by atoms with Gasteiger partial charge < -0.3 is 24.8 Å². The third-order valence-corrected chi connectivity index (χ3v) is 9.07. The van der Waals surface area contributed by atoms with E-state index in [9.17, 15) is 9.90 Å². The van der Waals surface area contributed by atoms with Gasteiger partial charge in [0.1, 0.15) is 18.0 Å². The number of aliphatic hydroxyl groups excluding tert-OH is 1. The molecule has 1 spiro atoms. The molecule has 0 unspecified atom stereocenters. The fraction of sp³-hybridized carbons (Fsp3) is 0.486. The van der Waals surface area contributed by atoms with Crippen LogP contribution in [0.1, 0.15) is 89.0 Å². The lowest BCUT2D eigenvalue weighted by molar-refractivity contribution is 0.0482. The molecule has 1 saturated carbocycles. The summed E-state index contributed by atoms with van der Waals surface area (Å²) in [6.07, 6.45) is 8.42. The number of aryl methyl sites for hydroxylation is 1.